The van der Waals surface area contributed by atoms with E-state index in [9.17, 15) is 33.2 Å². The summed E-state index contributed by atoms with van der Waals surface area (Å²) in [6, 6.07) is 11.2. The SMILES string of the molecule is CC(=O)O[C@@H](C)C(=O)N(C[C@@H]1CN(C(=O)OC(C)(C)C)C[C@@H]1F)[C@@H](c1nc(-c2cc(F)ccc2F)cn1Cc1ccccc1)C1CCN(C(=O)OCCOCCN2C(=O)C=CC2=O)CC1. The van der Waals surface area contributed by atoms with E-state index >= 15 is 8.78 Å². The van der Waals surface area contributed by atoms with E-state index in [1.165, 1.54) is 33.8 Å². The second kappa shape index (κ2) is 21.2. The Kier molecular flexibility index (Phi) is 15.7. The summed E-state index contributed by atoms with van der Waals surface area (Å²) in [5.74, 6) is -4.90. The Hall–Kier alpha value is -6.24. The van der Waals surface area contributed by atoms with Crippen LogP contribution in [0.2, 0.25) is 0 Å². The van der Waals surface area contributed by atoms with Gasteiger partial charge in [-0.1, -0.05) is 30.3 Å². The molecule has 6 rings (SSSR count). The van der Waals surface area contributed by atoms with Crippen LogP contribution in [0.25, 0.3) is 11.3 Å². The van der Waals surface area contributed by atoms with Gasteiger partial charge in [-0.2, -0.15) is 0 Å². The van der Waals surface area contributed by atoms with E-state index in [0.717, 1.165) is 35.6 Å². The fourth-order valence-electron chi connectivity index (χ4n) is 8.19. The standard InChI is InChI=1S/C46H55F3N6O10/c1-29(64-30(2)56)43(59)55(26-33-25-53(27-37(33)49)45(61)65-46(3,4)5)41(32-15-17-51(18-16-32)44(60)63-22-21-62-20-19-54-39(57)13-14-40(54)58)42-50-38(35-23-34(47)11-12-36(35)48)28-52(42)24-31-9-7-6-8-10-31/h6-14,23,28-29,32-33,37,41H,15-22,24-27H2,1-5H3/t29-,33-,37-,41+/m0/s1. The fourth-order valence-corrected chi connectivity index (χ4v) is 8.19. The van der Waals surface area contributed by atoms with E-state index in [0.29, 0.717) is 0 Å². The Morgan fingerprint density at radius 2 is 1.60 bits per heavy atom. The monoisotopic (exact) mass is 908 g/mol. The van der Waals surface area contributed by atoms with Crippen LogP contribution in [0.1, 0.15) is 64.9 Å². The van der Waals surface area contributed by atoms with Crippen LogP contribution in [-0.2, 0) is 44.7 Å². The number of imide groups is 1. The van der Waals surface area contributed by atoms with E-state index in [-0.39, 0.29) is 95.6 Å². The fraction of sp³-hybridized carbons (Fsp3) is 0.500. The minimum Gasteiger partial charge on any atom is -0.453 e. The maximum absolute atomic E-state index is 16.2. The van der Waals surface area contributed by atoms with Crippen molar-refractivity contribution in [2.24, 2.45) is 11.8 Å². The Morgan fingerprint density at radius 1 is 0.908 bits per heavy atom. The van der Waals surface area contributed by atoms with E-state index in [2.05, 4.69) is 0 Å². The maximum Gasteiger partial charge on any atom is 0.410 e. The average molecular weight is 909 g/mol. The zero-order chi connectivity index (χ0) is 47.0. The van der Waals surface area contributed by atoms with Crippen LogP contribution < -0.4 is 0 Å². The number of ether oxygens (including phenoxy) is 4. The van der Waals surface area contributed by atoms with Gasteiger partial charge in [0.2, 0.25) is 0 Å². The summed E-state index contributed by atoms with van der Waals surface area (Å²) in [5, 5.41) is 0. The molecule has 3 aromatic rings. The molecule has 0 bridgehead atoms. The summed E-state index contributed by atoms with van der Waals surface area (Å²) in [7, 11) is 0. The molecule has 0 aliphatic carbocycles. The van der Waals surface area contributed by atoms with Crippen molar-refractivity contribution in [2.45, 2.75) is 77.9 Å². The first kappa shape index (κ1) is 48.2. The van der Waals surface area contributed by atoms with Gasteiger partial charge in [0.05, 0.1) is 38.0 Å². The van der Waals surface area contributed by atoms with Gasteiger partial charge in [-0.15, -0.1) is 0 Å². The maximum atomic E-state index is 16.2. The lowest BCUT2D eigenvalue weighted by Crippen LogP contribution is -2.50. The predicted molar refractivity (Wildman–Crippen MR) is 227 cm³/mol. The van der Waals surface area contributed by atoms with Gasteiger partial charge < -0.3 is 38.2 Å². The van der Waals surface area contributed by atoms with Crippen LogP contribution in [0.5, 0.6) is 0 Å². The summed E-state index contributed by atoms with van der Waals surface area (Å²) in [4.78, 5) is 87.1. The molecule has 3 aliphatic rings. The van der Waals surface area contributed by atoms with E-state index < -0.39 is 83.3 Å². The number of carbonyl (C=O) groups excluding carboxylic acids is 6. The number of alkyl halides is 1. The van der Waals surface area contributed by atoms with Crippen molar-refractivity contribution in [1.29, 1.82) is 0 Å². The van der Waals surface area contributed by atoms with Crippen molar-refractivity contribution >= 4 is 35.9 Å². The van der Waals surface area contributed by atoms with Crippen molar-refractivity contribution < 1.29 is 60.9 Å². The summed E-state index contributed by atoms with van der Waals surface area (Å²) < 4.78 is 70.0. The average Bonchev–Trinajstić information content (AvgIpc) is 3.94. The second-order valence-corrected chi connectivity index (χ2v) is 17.3. The van der Waals surface area contributed by atoms with Gasteiger partial charge in [0.1, 0.15) is 35.8 Å². The van der Waals surface area contributed by atoms with Crippen molar-refractivity contribution in [3.05, 3.63) is 89.9 Å². The quantitative estimate of drug-likeness (QED) is 0.0749. The van der Waals surface area contributed by atoms with Crippen LogP contribution in [0.15, 0.2) is 66.9 Å². The third-order valence-electron chi connectivity index (χ3n) is 11.3. The number of benzene rings is 2. The number of nitrogens with zero attached hydrogens (tertiary/aromatic N) is 6. The number of aromatic nitrogens is 2. The van der Waals surface area contributed by atoms with Crippen LogP contribution in [-0.4, -0.2) is 142 Å². The number of hydrogen-bond acceptors (Lipinski definition) is 11. The van der Waals surface area contributed by atoms with Crippen molar-refractivity contribution in [1.82, 2.24) is 29.2 Å². The molecule has 0 N–H and O–H groups in total. The molecule has 19 heteroatoms. The number of rotatable bonds is 16. The predicted octanol–water partition coefficient (Wildman–Crippen LogP) is 5.69. The highest BCUT2D eigenvalue weighted by Gasteiger charge is 2.45. The van der Waals surface area contributed by atoms with Crippen LogP contribution in [0, 0.1) is 23.5 Å². The summed E-state index contributed by atoms with van der Waals surface area (Å²) in [5.41, 5.74) is -0.107. The van der Waals surface area contributed by atoms with Gasteiger partial charge in [-0.3, -0.25) is 24.1 Å². The molecule has 65 heavy (non-hydrogen) atoms. The van der Waals surface area contributed by atoms with Crippen LogP contribution in [0.3, 0.4) is 0 Å². The molecule has 350 valence electrons. The summed E-state index contributed by atoms with van der Waals surface area (Å²) in [6.45, 7) is 7.44. The Morgan fingerprint density at radius 3 is 2.26 bits per heavy atom. The molecule has 3 aliphatic heterocycles. The van der Waals surface area contributed by atoms with Gasteiger partial charge in [0.15, 0.2) is 6.10 Å². The van der Waals surface area contributed by atoms with Gasteiger partial charge >= 0.3 is 18.2 Å². The van der Waals surface area contributed by atoms with E-state index in [1.807, 2.05) is 30.3 Å². The first-order valence-corrected chi connectivity index (χ1v) is 21.6. The number of carbonyl (C=O) groups is 6. The highest BCUT2D eigenvalue weighted by Crippen LogP contribution is 2.39. The largest absolute Gasteiger partial charge is 0.453 e. The molecule has 1 aromatic heterocycles. The second-order valence-electron chi connectivity index (χ2n) is 17.3. The highest BCUT2D eigenvalue weighted by atomic mass is 19.1. The lowest BCUT2D eigenvalue weighted by atomic mass is 9.86. The number of esters is 1. The first-order valence-electron chi connectivity index (χ1n) is 21.6. The van der Waals surface area contributed by atoms with Crippen LogP contribution in [0.4, 0.5) is 22.8 Å². The summed E-state index contributed by atoms with van der Waals surface area (Å²) in [6.07, 6.45) is 0.165. The van der Waals surface area contributed by atoms with E-state index in [4.69, 9.17) is 23.9 Å². The van der Waals surface area contributed by atoms with E-state index in [1.54, 1.807) is 31.5 Å². The van der Waals surface area contributed by atoms with Crippen LogP contribution >= 0.6 is 0 Å². The molecule has 0 unspecified atom stereocenters. The minimum atomic E-state index is -1.59. The molecular formula is C46H55F3N6O10. The van der Waals surface area contributed by atoms with Gasteiger partial charge in [-0.25, -0.2) is 27.7 Å². The number of imidazole rings is 1. The number of piperidine rings is 1. The molecule has 2 fully saturated rings. The third-order valence-corrected chi connectivity index (χ3v) is 11.3. The number of halogens is 3. The van der Waals surface area contributed by atoms with Crippen molar-refractivity contribution in [2.75, 3.05) is 59.1 Å². The van der Waals surface area contributed by atoms with Gasteiger partial charge in [0, 0.05) is 69.5 Å². The molecule has 4 heterocycles. The Bertz CT molecular complexity index is 2220. The van der Waals surface area contributed by atoms with Gasteiger partial charge in [-0.05, 0) is 70.2 Å². The summed E-state index contributed by atoms with van der Waals surface area (Å²) >= 11 is 0. The van der Waals surface area contributed by atoms with Crippen molar-refractivity contribution in [3.8, 4) is 11.3 Å². The Balaban J connectivity index is 1.31. The number of hydrogen-bond donors (Lipinski definition) is 0. The molecule has 0 radical (unpaired) electrons. The topological polar surface area (TPSA) is 170 Å². The lowest BCUT2D eigenvalue weighted by molar-refractivity contribution is -0.160. The lowest BCUT2D eigenvalue weighted by Gasteiger charge is -2.42. The normalized spacial score (nSPS) is 18.8. The molecule has 2 saturated heterocycles. The minimum absolute atomic E-state index is 0.00587. The smallest absolute Gasteiger partial charge is 0.410 e. The molecule has 2 aromatic carbocycles. The molecule has 5 amide bonds. The zero-order valence-corrected chi connectivity index (χ0v) is 37.1. The molecule has 0 saturated carbocycles. The molecular weight excluding hydrogens is 854 g/mol. The Labute approximate surface area is 375 Å². The highest BCUT2D eigenvalue weighted by molar-refractivity contribution is 6.12. The van der Waals surface area contributed by atoms with Crippen molar-refractivity contribution in [3.63, 3.8) is 0 Å². The zero-order valence-electron chi connectivity index (χ0n) is 37.1. The molecule has 4 atom stereocenters. The molecule has 0 spiro atoms. The first-order chi connectivity index (χ1) is 30.9. The van der Waals surface area contributed by atoms with Gasteiger partial charge in [0.25, 0.3) is 17.7 Å². The molecule has 16 nitrogen and oxygen atoms in total. The number of amides is 5. The third kappa shape index (κ3) is 12.5. The number of likely N-dealkylation sites (tertiary alicyclic amines) is 2.